The fourth-order valence-corrected chi connectivity index (χ4v) is 3.56. The molecular weight excluding hydrogens is 326 g/mol. The van der Waals surface area contributed by atoms with Crippen LogP contribution in [0.2, 0.25) is 0 Å². The van der Waals surface area contributed by atoms with Crippen LogP contribution in [0.5, 0.6) is 0 Å². The van der Waals surface area contributed by atoms with Crippen LogP contribution in [0.3, 0.4) is 0 Å². The van der Waals surface area contributed by atoms with E-state index in [0.29, 0.717) is 13.0 Å². The van der Waals surface area contributed by atoms with E-state index in [2.05, 4.69) is 16.8 Å². The molecule has 0 unspecified atom stereocenters. The van der Waals surface area contributed by atoms with Gasteiger partial charge in [-0.1, -0.05) is 25.1 Å². The van der Waals surface area contributed by atoms with Gasteiger partial charge in [0.15, 0.2) is 6.10 Å². The third-order valence-corrected chi connectivity index (χ3v) is 4.88. The van der Waals surface area contributed by atoms with Gasteiger partial charge in [0, 0.05) is 6.54 Å². The standard InChI is InChI=1S/C18H19NO4S/c1-11-7-15(23-16(11)18(21)22)17(20)19-9-12-3-2-4-13(8-12)14-5-6-24-10-14/h2-6,8,10-11,15-16H,7,9H2,1H3,(H,19,20)(H,21,22)/t11-,15-,16-/m1/s1. The van der Waals surface area contributed by atoms with Gasteiger partial charge in [0.05, 0.1) is 0 Å². The van der Waals surface area contributed by atoms with Gasteiger partial charge in [-0.05, 0) is 51.9 Å². The van der Waals surface area contributed by atoms with Crippen LogP contribution < -0.4 is 5.32 Å². The van der Waals surface area contributed by atoms with E-state index in [9.17, 15) is 9.59 Å². The lowest BCUT2D eigenvalue weighted by molar-refractivity contribution is -0.153. The average Bonchev–Trinajstić information content (AvgIpc) is 3.22. The summed E-state index contributed by atoms with van der Waals surface area (Å²) in [6, 6.07) is 10.0. The van der Waals surface area contributed by atoms with E-state index in [4.69, 9.17) is 9.84 Å². The molecule has 1 aromatic heterocycles. The molecule has 0 spiro atoms. The second-order valence-corrected chi connectivity index (χ2v) is 6.81. The number of hydrogen-bond acceptors (Lipinski definition) is 4. The van der Waals surface area contributed by atoms with Crippen molar-refractivity contribution in [1.82, 2.24) is 5.32 Å². The molecule has 1 aromatic carbocycles. The summed E-state index contributed by atoms with van der Waals surface area (Å²) in [5.41, 5.74) is 3.26. The number of aliphatic carboxylic acids is 1. The topological polar surface area (TPSA) is 75.6 Å². The van der Waals surface area contributed by atoms with Crippen molar-refractivity contribution in [2.24, 2.45) is 5.92 Å². The van der Waals surface area contributed by atoms with Gasteiger partial charge in [-0.3, -0.25) is 4.79 Å². The normalized spacial score (nSPS) is 23.1. The van der Waals surface area contributed by atoms with Gasteiger partial charge in [-0.25, -0.2) is 4.79 Å². The summed E-state index contributed by atoms with van der Waals surface area (Å²) in [6.45, 7) is 2.18. The molecular formula is C18H19NO4S. The van der Waals surface area contributed by atoms with Gasteiger partial charge in [0.1, 0.15) is 6.10 Å². The number of carbonyl (C=O) groups is 2. The molecule has 0 aliphatic carbocycles. The second kappa shape index (κ2) is 7.15. The molecule has 24 heavy (non-hydrogen) atoms. The number of nitrogens with one attached hydrogen (secondary N) is 1. The Balaban J connectivity index is 1.59. The predicted octanol–water partition coefficient (Wildman–Crippen LogP) is 2.91. The van der Waals surface area contributed by atoms with Crippen molar-refractivity contribution >= 4 is 23.2 Å². The van der Waals surface area contributed by atoms with Gasteiger partial charge in [-0.2, -0.15) is 11.3 Å². The molecule has 0 saturated carbocycles. The smallest absolute Gasteiger partial charge is 0.333 e. The summed E-state index contributed by atoms with van der Waals surface area (Å²) < 4.78 is 5.36. The molecule has 1 aliphatic rings. The van der Waals surface area contributed by atoms with Crippen molar-refractivity contribution in [3.8, 4) is 11.1 Å². The molecule has 0 bridgehead atoms. The molecule has 2 N–H and O–H groups in total. The molecule has 2 aromatic rings. The van der Waals surface area contributed by atoms with Gasteiger partial charge in [0.25, 0.3) is 0 Å². The number of carboxylic acid groups (broad SMARTS) is 1. The Bertz CT molecular complexity index is 728. The Morgan fingerprint density at radius 2 is 2.17 bits per heavy atom. The SMILES string of the molecule is C[C@@H]1C[C@H](C(=O)NCc2cccc(-c3ccsc3)c2)O[C@H]1C(=O)O. The fraction of sp³-hybridized carbons (Fsp3) is 0.333. The summed E-state index contributed by atoms with van der Waals surface area (Å²) in [5.74, 6) is -1.44. The first kappa shape index (κ1) is 16.7. The van der Waals surface area contributed by atoms with Crippen LogP contribution in [0.15, 0.2) is 41.1 Å². The quantitative estimate of drug-likeness (QED) is 0.874. The van der Waals surface area contributed by atoms with Gasteiger partial charge in [-0.15, -0.1) is 0 Å². The summed E-state index contributed by atoms with van der Waals surface area (Å²) >= 11 is 1.64. The van der Waals surface area contributed by atoms with Crippen molar-refractivity contribution in [2.75, 3.05) is 0 Å². The number of rotatable bonds is 5. The van der Waals surface area contributed by atoms with E-state index in [1.54, 1.807) is 18.3 Å². The van der Waals surface area contributed by atoms with E-state index in [1.165, 1.54) is 0 Å². The third-order valence-electron chi connectivity index (χ3n) is 4.20. The van der Waals surface area contributed by atoms with Crippen molar-refractivity contribution in [3.05, 3.63) is 46.7 Å². The van der Waals surface area contributed by atoms with Crippen LogP contribution in [0.1, 0.15) is 18.9 Å². The van der Waals surface area contributed by atoms with Crippen LogP contribution >= 0.6 is 11.3 Å². The lowest BCUT2D eigenvalue weighted by atomic mass is 10.0. The fourth-order valence-electron chi connectivity index (χ4n) is 2.89. The number of amides is 1. The highest BCUT2D eigenvalue weighted by molar-refractivity contribution is 7.08. The average molecular weight is 345 g/mol. The minimum Gasteiger partial charge on any atom is -0.479 e. The lowest BCUT2D eigenvalue weighted by Crippen LogP contribution is -2.35. The number of benzene rings is 1. The van der Waals surface area contributed by atoms with E-state index >= 15 is 0 Å². The number of hydrogen-bond donors (Lipinski definition) is 2. The molecule has 1 aliphatic heterocycles. The van der Waals surface area contributed by atoms with E-state index in [0.717, 1.165) is 16.7 Å². The van der Waals surface area contributed by atoms with Gasteiger partial charge in [0.2, 0.25) is 5.91 Å². The molecule has 3 rings (SSSR count). The maximum atomic E-state index is 12.2. The van der Waals surface area contributed by atoms with Crippen molar-refractivity contribution in [1.29, 1.82) is 0 Å². The van der Waals surface area contributed by atoms with Crippen LogP contribution in [-0.4, -0.2) is 29.2 Å². The van der Waals surface area contributed by atoms with Crippen LogP contribution in [0.4, 0.5) is 0 Å². The molecule has 6 heteroatoms. The molecule has 0 radical (unpaired) electrons. The predicted molar refractivity (Wildman–Crippen MR) is 91.7 cm³/mol. The minimum absolute atomic E-state index is 0.167. The number of carbonyl (C=O) groups excluding carboxylic acids is 1. The first-order valence-corrected chi connectivity index (χ1v) is 8.76. The zero-order valence-electron chi connectivity index (χ0n) is 13.3. The number of ether oxygens (including phenoxy) is 1. The van der Waals surface area contributed by atoms with Crippen LogP contribution in [0, 0.1) is 5.92 Å². The highest BCUT2D eigenvalue weighted by Gasteiger charge is 2.40. The van der Waals surface area contributed by atoms with E-state index in [1.807, 2.05) is 29.6 Å². The molecule has 1 fully saturated rings. The van der Waals surface area contributed by atoms with Crippen LogP contribution in [0.25, 0.3) is 11.1 Å². The monoisotopic (exact) mass is 345 g/mol. The molecule has 126 valence electrons. The Hall–Kier alpha value is -2.18. The molecule has 1 saturated heterocycles. The Morgan fingerprint density at radius 3 is 2.83 bits per heavy atom. The molecule has 1 amide bonds. The maximum Gasteiger partial charge on any atom is 0.333 e. The summed E-state index contributed by atoms with van der Waals surface area (Å²) in [5, 5.41) is 16.0. The highest BCUT2D eigenvalue weighted by Crippen LogP contribution is 2.27. The first-order chi connectivity index (χ1) is 11.5. The Kier molecular flexibility index (Phi) is 4.97. The second-order valence-electron chi connectivity index (χ2n) is 6.03. The molecule has 3 atom stereocenters. The first-order valence-electron chi connectivity index (χ1n) is 7.82. The van der Waals surface area contributed by atoms with Crippen molar-refractivity contribution < 1.29 is 19.4 Å². The Morgan fingerprint density at radius 1 is 1.33 bits per heavy atom. The van der Waals surface area contributed by atoms with E-state index in [-0.39, 0.29) is 11.8 Å². The Labute approximate surface area is 144 Å². The number of carboxylic acids is 1. The lowest BCUT2D eigenvalue weighted by Gasteiger charge is -2.12. The number of thiophene rings is 1. The maximum absolute atomic E-state index is 12.2. The summed E-state index contributed by atoms with van der Waals surface area (Å²) in [7, 11) is 0. The summed E-state index contributed by atoms with van der Waals surface area (Å²) in [6.07, 6.45) is -1.17. The molecule has 5 nitrogen and oxygen atoms in total. The van der Waals surface area contributed by atoms with Gasteiger partial charge < -0.3 is 15.2 Å². The zero-order chi connectivity index (χ0) is 17.1. The van der Waals surface area contributed by atoms with Gasteiger partial charge >= 0.3 is 5.97 Å². The molecule has 2 heterocycles. The minimum atomic E-state index is -1.01. The van der Waals surface area contributed by atoms with Crippen molar-refractivity contribution in [3.63, 3.8) is 0 Å². The largest absolute Gasteiger partial charge is 0.479 e. The van der Waals surface area contributed by atoms with E-state index < -0.39 is 18.2 Å². The summed E-state index contributed by atoms with van der Waals surface area (Å²) in [4.78, 5) is 23.3. The van der Waals surface area contributed by atoms with Crippen molar-refractivity contribution in [2.45, 2.75) is 32.1 Å². The zero-order valence-corrected chi connectivity index (χ0v) is 14.1. The highest BCUT2D eigenvalue weighted by atomic mass is 32.1. The third kappa shape index (κ3) is 3.66. The van der Waals surface area contributed by atoms with Crippen LogP contribution in [-0.2, 0) is 20.9 Å².